The Kier molecular flexibility index (Phi) is 4.78. The van der Waals surface area contributed by atoms with E-state index < -0.39 is 11.9 Å². The number of hydrogen-bond acceptors (Lipinski definition) is 6. The van der Waals surface area contributed by atoms with Gasteiger partial charge in [0.1, 0.15) is 5.75 Å². The van der Waals surface area contributed by atoms with Crippen LogP contribution in [0.3, 0.4) is 0 Å². The second-order valence-electron chi connectivity index (χ2n) is 4.74. The molecule has 1 N–H and O–H groups in total. The number of methoxy groups -OCH3 is 2. The summed E-state index contributed by atoms with van der Waals surface area (Å²) < 4.78 is 10.0. The van der Waals surface area contributed by atoms with Crippen molar-refractivity contribution < 1.29 is 14.3 Å². The van der Waals surface area contributed by atoms with Crippen LogP contribution >= 0.6 is 12.6 Å². The molecule has 0 saturated carbocycles. The predicted molar refractivity (Wildman–Crippen MR) is 85.2 cm³/mol. The van der Waals surface area contributed by atoms with Gasteiger partial charge in [-0.15, -0.1) is 12.6 Å². The van der Waals surface area contributed by atoms with Crippen molar-refractivity contribution in [3.63, 3.8) is 0 Å². The summed E-state index contributed by atoms with van der Waals surface area (Å²) in [6.07, 6.45) is 0. The van der Waals surface area contributed by atoms with Gasteiger partial charge in [-0.3, -0.25) is 0 Å². The number of hydrogen-bond donors (Lipinski definition) is 2. The van der Waals surface area contributed by atoms with E-state index in [1.165, 1.54) is 7.11 Å². The zero-order chi connectivity index (χ0) is 16.3. The molecule has 114 valence electrons. The second-order valence-corrected chi connectivity index (χ2v) is 5.18. The zero-order valence-corrected chi connectivity index (χ0v) is 13.4. The molecule has 1 heterocycles. The standard InChI is InChI=1S/C16H16N2O3S/c1-9-13(16(19)21-3)14(12(8-17)15(22)18-9)10-4-6-11(20-2)7-5-10/h4-7,14,18,22H,1-3H3/t14-/m1/s1. The second kappa shape index (κ2) is 6.58. The third-order valence-electron chi connectivity index (χ3n) is 3.52. The quantitative estimate of drug-likeness (QED) is 0.662. The number of thiol groups is 1. The highest BCUT2D eigenvalue weighted by molar-refractivity contribution is 7.84. The van der Waals surface area contributed by atoms with E-state index in [0.29, 0.717) is 27.6 Å². The number of benzene rings is 1. The number of dihydropyridines is 1. The fraction of sp³-hybridized carbons (Fsp3) is 0.250. The molecule has 0 fully saturated rings. The van der Waals surface area contributed by atoms with E-state index in [0.717, 1.165) is 5.56 Å². The largest absolute Gasteiger partial charge is 0.497 e. The van der Waals surface area contributed by atoms with Gasteiger partial charge >= 0.3 is 5.97 Å². The Morgan fingerprint density at radius 2 is 1.95 bits per heavy atom. The van der Waals surface area contributed by atoms with Gasteiger partial charge in [-0.2, -0.15) is 5.26 Å². The molecule has 1 aliphatic heterocycles. The number of esters is 1. The summed E-state index contributed by atoms with van der Waals surface area (Å²) in [5.41, 5.74) is 2.20. The minimum Gasteiger partial charge on any atom is -0.497 e. The SMILES string of the molecule is COC(=O)C1=C(C)NC(S)=C(C#N)[C@H]1c1ccc(OC)cc1. The lowest BCUT2D eigenvalue weighted by atomic mass is 9.82. The molecule has 0 bridgehead atoms. The van der Waals surface area contributed by atoms with E-state index in [4.69, 9.17) is 9.47 Å². The van der Waals surface area contributed by atoms with E-state index in [1.54, 1.807) is 26.2 Å². The van der Waals surface area contributed by atoms with Crippen molar-refractivity contribution in [1.29, 1.82) is 5.26 Å². The smallest absolute Gasteiger partial charge is 0.336 e. The Labute approximate surface area is 134 Å². The topological polar surface area (TPSA) is 71.3 Å². The van der Waals surface area contributed by atoms with Crippen molar-refractivity contribution in [1.82, 2.24) is 5.32 Å². The number of nitriles is 1. The number of rotatable bonds is 3. The van der Waals surface area contributed by atoms with Crippen molar-refractivity contribution >= 4 is 18.6 Å². The molecule has 0 amide bonds. The van der Waals surface area contributed by atoms with Gasteiger partial charge in [-0.05, 0) is 24.6 Å². The Morgan fingerprint density at radius 1 is 1.32 bits per heavy atom. The molecule has 1 aromatic carbocycles. The van der Waals surface area contributed by atoms with E-state index in [9.17, 15) is 10.1 Å². The van der Waals surface area contributed by atoms with E-state index in [1.807, 2.05) is 12.1 Å². The van der Waals surface area contributed by atoms with Crippen LogP contribution in [0.2, 0.25) is 0 Å². The van der Waals surface area contributed by atoms with Crippen molar-refractivity contribution in [2.45, 2.75) is 12.8 Å². The lowest BCUT2D eigenvalue weighted by Crippen LogP contribution is -2.27. The van der Waals surface area contributed by atoms with E-state index in [2.05, 4.69) is 24.0 Å². The number of carbonyl (C=O) groups is 1. The fourth-order valence-corrected chi connectivity index (χ4v) is 2.78. The average molecular weight is 316 g/mol. The van der Waals surface area contributed by atoms with E-state index >= 15 is 0 Å². The monoisotopic (exact) mass is 316 g/mol. The Bertz CT molecular complexity index is 699. The van der Waals surface area contributed by atoms with Gasteiger partial charge < -0.3 is 14.8 Å². The first kappa shape index (κ1) is 16.0. The first-order valence-corrected chi connectivity index (χ1v) is 7.01. The van der Waals surface area contributed by atoms with Crippen LogP contribution < -0.4 is 10.1 Å². The molecule has 1 aromatic rings. The number of nitrogens with one attached hydrogen (secondary N) is 1. The van der Waals surface area contributed by atoms with E-state index in [-0.39, 0.29) is 0 Å². The Balaban J connectivity index is 2.59. The molecular formula is C16H16N2O3S. The van der Waals surface area contributed by atoms with Gasteiger partial charge in [0.05, 0.1) is 42.4 Å². The minimum atomic E-state index is -0.517. The lowest BCUT2D eigenvalue weighted by Gasteiger charge is -2.27. The number of ether oxygens (including phenoxy) is 2. The van der Waals surface area contributed by atoms with Crippen LogP contribution in [0, 0.1) is 11.3 Å². The zero-order valence-electron chi connectivity index (χ0n) is 12.5. The summed E-state index contributed by atoms with van der Waals surface area (Å²) >= 11 is 4.32. The molecule has 5 nitrogen and oxygen atoms in total. The third-order valence-corrected chi connectivity index (χ3v) is 3.87. The molecule has 0 aliphatic carbocycles. The van der Waals surface area contributed by atoms with Gasteiger partial charge in [-0.25, -0.2) is 4.79 Å². The maximum atomic E-state index is 12.2. The normalized spacial score (nSPS) is 17.7. The predicted octanol–water partition coefficient (Wildman–Crippen LogP) is 2.49. The van der Waals surface area contributed by atoms with Gasteiger partial charge in [-0.1, -0.05) is 12.1 Å². The summed E-state index contributed by atoms with van der Waals surface area (Å²) in [5, 5.41) is 12.8. The highest BCUT2D eigenvalue weighted by Gasteiger charge is 2.34. The molecule has 2 rings (SSSR count). The van der Waals surface area contributed by atoms with Crippen LogP contribution in [0.5, 0.6) is 5.75 Å². The Morgan fingerprint density at radius 3 is 2.45 bits per heavy atom. The van der Waals surface area contributed by atoms with Crippen molar-refractivity contribution in [3.05, 3.63) is 51.7 Å². The van der Waals surface area contributed by atoms with Gasteiger partial charge in [0.25, 0.3) is 0 Å². The molecule has 0 spiro atoms. The molecule has 0 unspecified atom stereocenters. The van der Waals surface area contributed by atoms with Crippen molar-refractivity contribution in [2.75, 3.05) is 14.2 Å². The van der Waals surface area contributed by atoms with Crippen molar-refractivity contribution in [2.24, 2.45) is 0 Å². The van der Waals surface area contributed by atoms with Crippen LogP contribution in [0.15, 0.2) is 46.1 Å². The average Bonchev–Trinajstić information content (AvgIpc) is 2.53. The van der Waals surface area contributed by atoms with Gasteiger partial charge in [0, 0.05) is 5.70 Å². The van der Waals surface area contributed by atoms with Crippen LogP contribution in [-0.2, 0) is 9.53 Å². The summed E-state index contributed by atoms with van der Waals surface area (Å²) in [5.74, 6) is -0.289. The molecule has 1 atom stereocenters. The van der Waals surface area contributed by atoms with Gasteiger partial charge in [0.2, 0.25) is 0 Å². The Hall–Kier alpha value is -2.39. The van der Waals surface area contributed by atoms with Crippen LogP contribution in [0.4, 0.5) is 0 Å². The molecule has 0 aromatic heterocycles. The highest BCUT2D eigenvalue weighted by Crippen LogP contribution is 2.39. The van der Waals surface area contributed by atoms with Crippen LogP contribution in [0.1, 0.15) is 18.4 Å². The summed E-state index contributed by atoms with van der Waals surface area (Å²) in [7, 11) is 2.90. The highest BCUT2D eigenvalue weighted by atomic mass is 32.1. The first-order valence-electron chi connectivity index (χ1n) is 6.56. The number of allylic oxidation sites excluding steroid dienone is 2. The molecule has 0 radical (unpaired) electrons. The maximum Gasteiger partial charge on any atom is 0.336 e. The third kappa shape index (κ3) is 2.81. The first-order chi connectivity index (χ1) is 10.5. The van der Waals surface area contributed by atoms with Crippen molar-refractivity contribution in [3.8, 4) is 11.8 Å². The summed E-state index contributed by atoms with van der Waals surface area (Å²) in [6, 6.07) is 9.35. The molecule has 0 saturated heterocycles. The van der Waals surface area contributed by atoms with Crippen LogP contribution in [0.25, 0.3) is 0 Å². The number of nitrogens with zero attached hydrogens (tertiary/aromatic N) is 1. The maximum absolute atomic E-state index is 12.2. The number of carbonyl (C=O) groups excluding carboxylic acids is 1. The summed E-state index contributed by atoms with van der Waals surface area (Å²) in [4.78, 5) is 12.2. The summed E-state index contributed by atoms with van der Waals surface area (Å²) in [6.45, 7) is 1.76. The molecular weight excluding hydrogens is 300 g/mol. The van der Waals surface area contributed by atoms with Crippen LogP contribution in [-0.4, -0.2) is 20.2 Å². The minimum absolute atomic E-state index is 0.375. The molecule has 6 heteroatoms. The molecule has 22 heavy (non-hydrogen) atoms. The van der Waals surface area contributed by atoms with Gasteiger partial charge in [0.15, 0.2) is 0 Å². The lowest BCUT2D eigenvalue weighted by molar-refractivity contribution is -0.136. The molecule has 1 aliphatic rings. The fourth-order valence-electron chi connectivity index (χ4n) is 2.44.